The van der Waals surface area contributed by atoms with Crippen LogP contribution in [-0.4, -0.2) is 19.7 Å². The molecule has 3 aromatic heterocycles. The number of hydrazine groups is 1. The first-order chi connectivity index (χ1) is 10.3. The Morgan fingerprint density at radius 1 is 1.24 bits per heavy atom. The largest absolute Gasteiger partial charge is 0.292 e. The highest BCUT2D eigenvalue weighted by Crippen LogP contribution is 2.29. The lowest BCUT2D eigenvalue weighted by Crippen LogP contribution is -2.12. The zero-order valence-corrected chi connectivity index (χ0v) is 12.1. The van der Waals surface area contributed by atoms with Crippen molar-refractivity contribution in [2.45, 2.75) is 6.92 Å². The van der Waals surface area contributed by atoms with Crippen LogP contribution in [0.25, 0.3) is 26.9 Å². The fourth-order valence-electron chi connectivity index (χ4n) is 2.39. The number of anilines is 1. The van der Waals surface area contributed by atoms with E-state index in [1.165, 1.54) is 4.88 Å². The van der Waals surface area contributed by atoms with Crippen molar-refractivity contribution in [2.75, 3.05) is 5.43 Å². The maximum absolute atomic E-state index is 5.48. The van der Waals surface area contributed by atoms with Crippen molar-refractivity contribution in [2.24, 2.45) is 5.84 Å². The highest BCUT2D eigenvalue weighted by molar-refractivity contribution is 7.18. The number of rotatable bonds is 2. The topological polar surface area (TPSA) is 81.7 Å². The summed E-state index contributed by atoms with van der Waals surface area (Å²) in [5, 5.41) is 6.51. The lowest BCUT2D eigenvalue weighted by Gasteiger charge is -2.06. The fraction of sp³-hybridized carbons (Fsp3) is 0.0714. The van der Waals surface area contributed by atoms with Crippen LogP contribution in [0.5, 0.6) is 0 Å². The molecule has 0 aliphatic rings. The lowest BCUT2D eigenvalue weighted by atomic mass is 10.2. The van der Waals surface area contributed by atoms with Crippen LogP contribution in [0.15, 0.2) is 36.5 Å². The normalized spacial score (nSPS) is 11.3. The molecule has 1 aromatic carbocycles. The van der Waals surface area contributed by atoms with Gasteiger partial charge in [0, 0.05) is 10.3 Å². The van der Waals surface area contributed by atoms with Gasteiger partial charge in [0.05, 0.1) is 17.1 Å². The number of thiophene rings is 1. The monoisotopic (exact) mass is 296 g/mol. The molecule has 6 nitrogen and oxygen atoms in total. The Labute approximate surface area is 124 Å². The van der Waals surface area contributed by atoms with E-state index in [0.717, 1.165) is 26.9 Å². The Morgan fingerprint density at radius 3 is 2.95 bits per heavy atom. The second kappa shape index (κ2) is 4.51. The van der Waals surface area contributed by atoms with Gasteiger partial charge in [-0.1, -0.05) is 18.2 Å². The molecule has 0 unspecified atom stereocenters. The number of hydrogen-bond acceptors (Lipinski definition) is 6. The molecule has 4 rings (SSSR count). The molecule has 0 saturated heterocycles. The number of nitrogen functional groups attached to an aromatic ring is 1. The van der Waals surface area contributed by atoms with E-state index in [1.807, 2.05) is 42.1 Å². The zero-order valence-electron chi connectivity index (χ0n) is 11.2. The SMILES string of the molecule is Cc1cc2c(-n3ncc4ccccc43)nc(NN)nc2s1. The molecule has 0 bridgehead atoms. The van der Waals surface area contributed by atoms with Gasteiger partial charge < -0.3 is 0 Å². The average Bonchev–Trinajstić information content (AvgIpc) is 3.08. The fourth-order valence-corrected chi connectivity index (χ4v) is 3.27. The van der Waals surface area contributed by atoms with Crippen LogP contribution in [-0.2, 0) is 0 Å². The smallest absolute Gasteiger partial charge is 0.240 e. The summed E-state index contributed by atoms with van der Waals surface area (Å²) in [7, 11) is 0. The molecule has 4 aromatic rings. The third-order valence-electron chi connectivity index (χ3n) is 3.30. The number of nitrogens with zero attached hydrogens (tertiary/aromatic N) is 4. The van der Waals surface area contributed by atoms with Crippen LogP contribution < -0.4 is 11.3 Å². The summed E-state index contributed by atoms with van der Waals surface area (Å²) in [6.45, 7) is 2.05. The summed E-state index contributed by atoms with van der Waals surface area (Å²) < 4.78 is 1.83. The predicted octanol–water partition coefficient (Wildman–Crippen LogP) is 2.62. The molecule has 0 saturated carbocycles. The number of nitrogens with one attached hydrogen (secondary N) is 1. The molecule has 0 radical (unpaired) electrons. The molecule has 3 heterocycles. The van der Waals surface area contributed by atoms with E-state index in [2.05, 4.69) is 26.6 Å². The van der Waals surface area contributed by atoms with Crippen molar-refractivity contribution in [3.63, 3.8) is 0 Å². The molecule has 0 aliphatic carbocycles. The minimum atomic E-state index is 0.388. The Balaban J connectivity index is 2.09. The van der Waals surface area contributed by atoms with E-state index >= 15 is 0 Å². The summed E-state index contributed by atoms with van der Waals surface area (Å²) in [5.41, 5.74) is 3.53. The van der Waals surface area contributed by atoms with Crippen molar-refractivity contribution in [1.82, 2.24) is 19.7 Å². The van der Waals surface area contributed by atoms with E-state index in [-0.39, 0.29) is 0 Å². The average molecular weight is 296 g/mol. The van der Waals surface area contributed by atoms with Gasteiger partial charge in [0.1, 0.15) is 4.83 Å². The molecule has 0 aliphatic heterocycles. The minimum Gasteiger partial charge on any atom is -0.292 e. The second-order valence-corrected chi connectivity index (χ2v) is 5.94. The zero-order chi connectivity index (χ0) is 14.4. The first-order valence-corrected chi connectivity index (χ1v) is 7.26. The molecular formula is C14H12N6S. The minimum absolute atomic E-state index is 0.388. The number of para-hydroxylation sites is 1. The molecular weight excluding hydrogens is 284 g/mol. The van der Waals surface area contributed by atoms with Crippen LogP contribution in [0.1, 0.15) is 4.88 Å². The van der Waals surface area contributed by atoms with E-state index in [4.69, 9.17) is 5.84 Å². The molecule has 0 amide bonds. The van der Waals surface area contributed by atoms with Crippen molar-refractivity contribution in [3.05, 3.63) is 41.4 Å². The van der Waals surface area contributed by atoms with Crippen LogP contribution >= 0.6 is 11.3 Å². The molecule has 0 atom stereocenters. The molecule has 0 spiro atoms. The third-order valence-corrected chi connectivity index (χ3v) is 4.25. The predicted molar refractivity (Wildman–Crippen MR) is 84.6 cm³/mol. The van der Waals surface area contributed by atoms with E-state index in [9.17, 15) is 0 Å². The molecule has 104 valence electrons. The van der Waals surface area contributed by atoms with E-state index in [0.29, 0.717) is 5.95 Å². The van der Waals surface area contributed by atoms with E-state index < -0.39 is 0 Å². The van der Waals surface area contributed by atoms with Gasteiger partial charge in [0.15, 0.2) is 5.82 Å². The second-order valence-electron chi connectivity index (χ2n) is 4.71. The van der Waals surface area contributed by atoms with Gasteiger partial charge >= 0.3 is 0 Å². The highest BCUT2D eigenvalue weighted by Gasteiger charge is 2.14. The highest BCUT2D eigenvalue weighted by atomic mass is 32.1. The van der Waals surface area contributed by atoms with Crippen molar-refractivity contribution >= 4 is 38.4 Å². The Kier molecular flexibility index (Phi) is 2.63. The van der Waals surface area contributed by atoms with Gasteiger partial charge in [-0.05, 0) is 19.1 Å². The first kappa shape index (κ1) is 12.2. The number of nitrogens with two attached hydrogens (primary N) is 1. The maximum Gasteiger partial charge on any atom is 0.240 e. The third kappa shape index (κ3) is 1.86. The standard InChI is InChI=1S/C14H12N6S/c1-8-6-10-12(17-14(19-15)18-13(10)21-8)20-11-5-3-2-4-9(11)7-16-20/h2-7H,15H2,1H3,(H,17,18,19). The number of hydrogen-bond donors (Lipinski definition) is 2. The van der Waals surface area contributed by atoms with Gasteiger partial charge in [-0.25, -0.2) is 15.5 Å². The molecule has 0 fully saturated rings. The maximum atomic E-state index is 5.48. The quantitative estimate of drug-likeness (QED) is 0.439. The summed E-state index contributed by atoms with van der Waals surface area (Å²) in [6.07, 6.45) is 1.83. The molecule has 7 heteroatoms. The number of benzene rings is 1. The summed E-state index contributed by atoms with van der Waals surface area (Å²) in [6, 6.07) is 10.1. The van der Waals surface area contributed by atoms with Gasteiger partial charge in [-0.15, -0.1) is 11.3 Å². The Morgan fingerprint density at radius 2 is 2.10 bits per heavy atom. The van der Waals surface area contributed by atoms with Crippen molar-refractivity contribution in [3.8, 4) is 5.82 Å². The van der Waals surface area contributed by atoms with Gasteiger partial charge in [0.25, 0.3) is 0 Å². The van der Waals surface area contributed by atoms with Gasteiger partial charge in [-0.2, -0.15) is 10.1 Å². The lowest BCUT2D eigenvalue weighted by molar-refractivity contribution is 0.879. The first-order valence-electron chi connectivity index (χ1n) is 6.44. The number of aromatic nitrogens is 4. The summed E-state index contributed by atoms with van der Waals surface area (Å²) in [5.74, 6) is 6.61. The Bertz CT molecular complexity index is 955. The van der Waals surface area contributed by atoms with Gasteiger partial charge in [0.2, 0.25) is 5.95 Å². The van der Waals surface area contributed by atoms with Crippen LogP contribution in [0.4, 0.5) is 5.95 Å². The van der Waals surface area contributed by atoms with Crippen LogP contribution in [0, 0.1) is 6.92 Å². The summed E-state index contributed by atoms with van der Waals surface area (Å²) in [4.78, 5) is 10.9. The Hall–Kier alpha value is -2.51. The van der Waals surface area contributed by atoms with Gasteiger partial charge in [-0.3, -0.25) is 5.43 Å². The molecule has 3 N–H and O–H groups in total. The van der Waals surface area contributed by atoms with Crippen LogP contribution in [0.2, 0.25) is 0 Å². The van der Waals surface area contributed by atoms with Crippen molar-refractivity contribution in [1.29, 1.82) is 0 Å². The number of fused-ring (bicyclic) bond motifs is 2. The summed E-state index contributed by atoms with van der Waals surface area (Å²) >= 11 is 1.61. The molecule has 21 heavy (non-hydrogen) atoms. The van der Waals surface area contributed by atoms with Crippen LogP contribution in [0.3, 0.4) is 0 Å². The van der Waals surface area contributed by atoms with E-state index in [1.54, 1.807) is 11.3 Å². The number of aryl methyl sites for hydroxylation is 1. The van der Waals surface area contributed by atoms with Crippen molar-refractivity contribution < 1.29 is 0 Å².